The minimum Gasteiger partial charge on any atom is -0.462 e. The van der Waals surface area contributed by atoms with Crippen LogP contribution in [0.15, 0.2) is 65.6 Å². The van der Waals surface area contributed by atoms with Gasteiger partial charge in [-0.25, -0.2) is 13.2 Å². The fourth-order valence-corrected chi connectivity index (χ4v) is 4.56. The maximum atomic E-state index is 12.9. The van der Waals surface area contributed by atoms with E-state index in [1.165, 1.54) is 24.3 Å². The molecule has 2 N–H and O–H groups in total. The molecule has 0 saturated heterocycles. The highest BCUT2D eigenvalue weighted by atomic mass is 35.5. The Hall–Kier alpha value is -3.36. The molecule has 0 saturated carbocycles. The molecule has 0 aliphatic carbocycles. The van der Waals surface area contributed by atoms with Crippen LogP contribution in [-0.4, -0.2) is 26.9 Å². The lowest BCUT2D eigenvalue weighted by Crippen LogP contribution is -2.17. The summed E-state index contributed by atoms with van der Waals surface area (Å²) in [6.07, 6.45) is 0. The fourth-order valence-electron chi connectivity index (χ4n) is 2.97. The van der Waals surface area contributed by atoms with Gasteiger partial charge in [-0.05, 0) is 68.8 Å². The second kappa shape index (κ2) is 10.1. The molecule has 33 heavy (non-hydrogen) atoms. The van der Waals surface area contributed by atoms with Crippen LogP contribution in [0.1, 0.15) is 38.8 Å². The van der Waals surface area contributed by atoms with Crippen molar-refractivity contribution >= 4 is 44.9 Å². The van der Waals surface area contributed by atoms with Crippen LogP contribution < -0.4 is 10.0 Å². The highest BCUT2D eigenvalue weighted by molar-refractivity contribution is 7.92. The van der Waals surface area contributed by atoms with Crippen molar-refractivity contribution in [1.82, 2.24) is 0 Å². The Balaban J connectivity index is 1.87. The summed E-state index contributed by atoms with van der Waals surface area (Å²) in [6.45, 7) is 5.59. The number of carbonyl (C=O) groups excluding carboxylic acids is 2. The van der Waals surface area contributed by atoms with Gasteiger partial charge in [-0.3, -0.25) is 9.52 Å². The third-order valence-electron chi connectivity index (χ3n) is 4.78. The van der Waals surface area contributed by atoms with Crippen LogP contribution in [0.3, 0.4) is 0 Å². The molecule has 0 atom stereocenters. The van der Waals surface area contributed by atoms with E-state index in [1.54, 1.807) is 50.2 Å². The van der Waals surface area contributed by atoms with Gasteiger partial charge < -0.3 is 10.1 Å². The van der Waals surface area contributed by atoms with Crippen molar-refractivity contribution < 1.29 is 22.7 Å². The van der Waals surface area contributed by atoms with Crippen LogP contribution in [-0.2, 0) is 14.8 Å². The third-order valence-corrected chi connectivity index (χ3v) is 6.65. The lowest BCUT2D eigenvalue weighted by Gasteiger charge is -2.13. The van der Waals surface area contributed by atoms with E-state index in [9.17, 15) is 18.0 Å². The van der Waals surface area contributed by atoms with Gasteiger partial charge in [0.15, 0.2) is 0 Å². The van der Waals surface area contributed by atoms with Gasteiger partial charge in [-0.2, -0.15) is 0 Å². The minimum absolute atomic E-state index is 0.0216. The molecule has 9 heteroatoms. The first kappa shape index (κ1) is 24.3. The molecule has 0 aromatic heterocycles. The summed E-state index contributed by atoms with van der Waals surface area (Å²) in [4.78, 5) is 24.6. The zero-order valence-corrected chi connectivity index (χ0v) is 19.9. The van der Waals surface area contributed by atoms with E-state index in [4.69, 9.17) is 16.3 Å². The number of aryl methyl sites for hydroxylation is 2. The number of hydrogen-bond acceptors (Lipinski definition) is 5. The number of ether oxygens (including phenoxy) is 1. The standard InChI is InChI=1S/C24H23ClN2O5S/c1-4-32-24(29)18-8-7-16(3)21(13-18)26-23(28)17-9-12-20(25)22(14-17)33(30,31)27-19-10-5-15(2)6-11-19/h5-14,27H,4H2,1-3H3,(H,26,28). The first-order valence-corrected chi connectivity index (χ1v) is 11.9. The van der Waals surface area contributed by atoms with Gasteiger partial charge in [-0.15, -0.1) is 0 Å². The Morgan fingerprint density at radius 3 is 2.27 bits per heavy atom. The van der Waals surface area contributed by atoms with E-state index in [2.05, 4.69) is 10.0 Å². The Kier molecular flexibility index (Phi) is 7.40. The molecule has 0 heterocycles. The van der Waals surface area contributed by atoms with E-state index in [-0.39, 0.29) is 22.1 Å². The Bertz CT molecular complexity index is 1300. The van der Waals surface area contributed by atoms with Crippen molar-refractivity contribution in [1.29, 1.82) is 0 Å². The zero-order chi connectivity index (χ0) is 24.2. The highest BCUT2D eigenvalue weighted by Crippen LogP contribution is 2.26. The Labute approximate surface area is 197 Å². The largest absolute Gasteiger partial charge is 0.462 e. The summed E-state index contributed by atoms with van der Waals surface area (Å²) < 4.78 is 33.3. The fraction of sp³-hybridized carbons (Fsp3) is 0.167. The van der Waals surface area contributed by atoms with Crippen molar-refractivity contribution in [2.24, 2.45) is 0 Å². The summed E-state index contributed by atoms with van der Waals surface area (Å²) in [6, 6.07) is 15.6. The van der Waals surface area contributed by atoms with E-state index in [0.29, 0.717) is 16.9 Å². The van der Waals surface area contributed by atoms with Crippen molar-refractivity contribution in [3.8, 4) is 0 Å². The van der Waals surface area contributed by atoms with Crippen LogP contribution in [0.25, 0.3) is 0 Å². The third kappa shape index (κ3) is 5.91. The molecular weight excluding hydrogens is 464 g/mol. The topological polar surface area (TPSA) is 102 Å². The van der Waals surface area contributed by atoms with Crippen LogP contribution in [0, 0.1) is 13.8 Å². The maximum absolute atomic E-state index is 12.9. The molecular formula is C24H23ClN2O5S. The van der Waals surface area contributed by atoms with Gasteiger partial charge in [0.2, 0.25) is 0 Å². The average molecular weight is 487 g/mol. The highest BCUT2D eigenvalue weighted by Gasteiger charge is 2.21. The van der Waals surface area contributed by atoms with Crippen molar-refractivity contribution in [3.05, 3.63) is 87.9 Å². The first-order valence-electron chi connectivity index (χ1n) is 10.1. The van der Waals surface area contributed by atoms with Crippen LogP contribution in [0.5, 0.6) is 0 Å². The van der Waals surface area contributed by atoms with Crippen molar-refractivity contribution in [2.45, 2.75) is 25.7 Å². The molecule has 0 aliphatic heterocycles. The quantitative estimate of drug-likeness (QED) is 0.448. The molecule has 7 nitrogen and oxygen atoms in total. The molecule has 172 valence electrons. The molecule has 0 radical (unpaired) electrons. The number of sulfonamides is 1. The summed E-state index contributed by atoms with van der Waals surface area (Å²) in [5.41, 5.74) is 2.86. The van der Waals surface area contributed by atoms with Crippen LogP contribution in [0.4, 0.5) is 11.4 Å². The number of halogens is 1. The van der Waals surface area contributed by atoms with Gasteiger partial charge in [0.25, 0.3) is 15.9 Å². The van der Waals surface area contributed by atoms with Gasteiger partial charge in [0.1, 0.15) is 4.90 Å². The smallest absolute Gasteiger partial charge is 0.338 e. The molecule has 0 fully saturated rings. The molecule has 3 aromatic rings. The van der Waals surface area contributed by atoms with Gasteiger partial charge in [0, 0.05) is 16.9 Å². The number of rotatable bonds is 7. The number of esters is 1. The van der Waals surface area contributed by atoms with E-state index < -0.39 is 21.9 Å². The summed E-state index contributed by atoms with van der Waals surface area (Å²) in [5, 5.41) is 2.69. The molecule has 3 aromatic carbocycles. The van der Waals surface area contributed by atoms with E-state index >= 15 is 0 Å². The van der Waals surface area contributed by atoms with Gasteiger partial charge in [-0.1, -0.05) is 35.4 Å². The molecule has 1 amide bonds. The number of nitrogens with one attached hydrogen (secondary N) is 2. The second-order valence-corrected chi connectivity index (χ2v) is 9.38. The van der Waals surface area contributed by atoms with E-state index in [0.717, 1.165) is 11.1 Å². The van der Waals surface area contributed by atoms with Crippen LogP contribution >= 0.6 is 11.6 Å². The molecule has 0 unspecified atom stereocenters. The number of amides is 1. The molecule has 0 spiro atoms. The van der Waals surface area contributed by atoms with E-state index in [1.807, 2.05) is 6.92 Å². The lowest BCUT2D eigenvalue weighted by molar-refractivity contribution is 0.0526. The number of benzene rings is 3. The summed E-state index contributed by atoms with van der Waals surface area (Å²) >= 11 is 6.15. The number of hydrogen-bond donors (Lipinski definition) is 2. The predicted octanol–water partition coefficient (Wildman–Crippen LogP) is 5.19. The first-order chi connectivity index (χ1) is 15.6. The Morgan fingerprint density at radius 1 is 0.939 bits per heavy atom. The molecule has 3 rings (SSSR count). The zero-order valence-electron chi connectivity index (χ0n) is 18.3. The monoisotopic (exact) mass is 486 g/mol. The summed E-state index contributed by atoms with van der Waals surface area (Å²) in [7, 11) is -4.04. The minimum atomic E-state index is -4.04. The predicted molar refractivity (Wildman–Crippen MR) is 129 cm³/mol. The maximum Gasteiger partial charge on any atom is 0.338 e. The molecule has 0 aliphatic rings. The number of anilines is 2. The van der Waals surface area contributed by atoms with Crippen LogP contribution in [0.2, 0.25) is 5.02 Å². The van der Waals surface area contributed by atoms with Gasteiger partial charge in [0.05, 0.1) is 17.2 Å². The average Bonchev–Trinajstić information content (AvgIpc) is 2.77. The Morgan fingerprint density at radius 2 is 1.61 bits per heavy atom. The normalized spacial score (nSPS) is 11.0. The van der Waals surface area contributed by atoms with Crippen molar-refractivity contribution in [2.75, 3.05) is 16.6 Å². The SMILES string of the molecule is CCOC(=O)c1ccc(C)c(NC(=O)c2ccc(Cl)c(S(=O)(=O)Nc3ccc(C)cc3)c2)c1. The summed E-state index contributed by atoms with van der Waals surface area (Å²) in [5.74, 6) is -1.06. The number of carbonyl (C=O) groups is 2. The lowest BCUT2D eigenvalue weighted by atomic mass is 10.1. The molecule has 0 bridgehead atoms. The second-order valence-electron chi connectivity index (χ2n) is 7.32. The van der Waals surface area contributed by atoms with Gasteiger partial charge >= 0.3 is 5.97 Å². The van der Waals surface area contributed by atoms with Crippen molar-refractivity contribution in [3.63, 3.8) is 0 Å².